The predicted molar refractivity (Wildman–Crippen MR) is 85.1 cm³/mol. The topological polar surface area (TPSA) is 116 Å². The molecule has 134 valence electrons. The number of rotatable bonds is 7. The smallest absolute Gasteiger partial charge is 0.326 e. The average Bonchev–Trinajstić information content (AvgIpc) is 3.08. The summed E-state index contributed by atoms with van der Waals surface area (Å²) in [5, 5.41) is 14.3. The molecule has 8 nitrogen and oxygen atoms in total. The largest absolute Gasteiger partial charge is 0.480 e. The summed E-state index contributed by atoms with van der Waals surface area (Å²) < 4.78 is 0. The molecule has 24 heavy (non-hydrogen) atoms. The normalized spacial score (nSPS) is 21.7. The molecule has 2 atom stereocenters. The summed E-state index contributed by atoms with van der Waals surface area (Å²) in [6, 6.07) is -2.63. The molecule has 2 unspecified atom stereocenters. The number of carboxylic acids is 1. The standard InChI is InChI=1S/C16H25N3O5/c1-3-4-7-11(13(21)22)17-12(20)10(2)19-14(23)16(18-15(19)24)8-5-6-9-16/h10-11H,3-9H2,1-2H3,(H,17,20)(H,18,24)(H,21,22). The molecule has 2 aliphatic rings. The maximum atomic E-state index is 12.6. The van der Waals surface area contributed by atoms with Gasteiger partial charge >= 0.3 is 12.0 Å². The Balaban J connectivity index is 2.05. The molecule has 4 amide bonds. The van der Waals surface area contributed by atoms with Crippen molar-refractivity contribution in [2.24, 2.45) is 0 Å². The number of aliphatic carboxylic acids is 1. The number of carboxylic acid groups (broad SMARTS) is 1. The van der Waals surface area contributed by atoms with Crippen LogP contribution < -0.4 is 10.6 Å². The van der Waals surface area contributed by atoms with E-state index in [-0.39, 0.29) is 5.91 Å². The Morgan fingerprint density at radius 3 is 2.50 bits per heavy atom. The Morgan fingerprint density at radius 1 is 1.33 bits per heavy atom. The second-order valence-corrected chi connectivity index (χ2v) is 6.61. The van der Waals surface area contributed by atoms with E-state index in [4.69, 9.17) is 0 Å². The van der Waals surface area contributed by atoms with Gasteiger partial charge in [0.25, 0.3) is 5.91 Å². The quantitative estimate of drug-likeness (QED) is 0.598. The van der Waals surface area contributed by atoms with Crippen molar-refractivity contribution in [3.63, 3.8) is 0 Å². The average molecular weight is 339 g/mol. The van der Waals surface area contributed by atoms with Crippen LogP contribution in [0.5, 0.6) is 0 Å². The van der Waals surface area contributed by atoms with Gasteiger partial charge in [0.1, 0.15) is 17.6 Å². The first-order valence-electron chi connectivity index (χ1n) is 8.51. The van der Waals surface area contributed by atoms with Crippen molar-refractivity contribution < 1.29 is 24.3 Å². The maximum absolute atomic E-state index is 12.6. The highest BCUT2D eigenvalue weighted by Gasteiger charge is 2.54. The van der Waals surface area contributed by atoms with Crippen molar-refractivity contribution in [3.05, 3.63) is 0 Å². The lowest BCUT2D eigenvalue weighted by molar-refractivity contribution is -0.143. The minimum absolute atomic E-state index is 0.314. The minimum Gasteiger partial charge on any atom is -0.480 e. The van der Waals surface area contributed by atoms with Crippen molar-refractivity contribution in [1.29, 1.82) is 0 Å². The summed E-state index contributed by atoms with van der Waals surface area (Å²) in [5.41, 5.74) is -0.875. The van der Waals surface area contributed by atoms with E-state index in [1.165, 1.54) is 6.92 Å². The molecule has 0 aromatic heterocycles. The first-order valence-corrected chi connectivity index (χ1v) is 8.51. The van der Waals surface area contributed by atoms with Gasteiger partial charge in [-0.05, 0) is 26.2 Å². The SMILES string of the molecule is CCCCC(NC(=O)C(C)N1C(=O)NC2(CCCC2)C1=O)C(=O)O. The minimum atomic E-state index is -1.12. The monoisotopic (exact) mass is 339 g/mol. The Bertz CT molecular complexity index is 542. The number of unbranched alkanes of at least 4 members (excludes halogenated alkanes) is 1. The van der Waals surface area contributed by atoms with Crippen LogP contribution in [-0.2, 0) is 14.4 Å². The lowest BCUT2D eigenvalue weighted by Crippen LogP contribution is -2.53. The number of nitrogens with zero attached hydrogens (tertiary/aromatic N) is 1. The van der Waals surface area contributed by atoms with Gasteiger partial charge in [0, 0.05) is 0 Å². The molecule has 1 spiro atoms. The van der Waals surface area contributed by atoms with Gasteiger partial charge in [-0.3, -0.25) is 9.59 Å². The van der Waals surface area contributed by atoms with Crippen LogP contribution in [0.15, 0.2) is 0 Å². The van der Waals surface area contributed by atoms with Crippen LogP contribution in [0.3, 0.4) is 0 Å². The van der Waals surface area contributed by atoms with Gasteiger partial charge < -0.3 is 15.7 Å². The van der Waals surface area contributed by atoms with Gasteiger partial charge in [-0.15, -0.1) is 0 Å². The van der Waals surface area contributed by atoms with Gasteiger partial charge in [-0.1, -0.05) is 32.6 Å². The lowest BCUT2D eigenvalue weighted by atomic mass is 9.97. The molecule has 1 saturated carbocycles. The summed E-state index contributed by atoms with van der Waals surface area (Å²) in [5.74, 6) is -2.13. The Labute approximate surface area is 141 Å². The zero-order valence-electron chi connectivity index (χ0n) is 14.1. The number of imide groups is 1. The van der Waals surface area contributed by atoms with E-state index in [0.717, 1.165) is 24.2 Å². The van der Waals surface area contributed by atoms with E-state index >= 15 is 0 Å². The van der Waals surface area contributed by atoms with Gasteiger partial charge in [0.15, 0.2) is 0 Å². The Morgan fingerprint density at radius 2 is 1.96 bits per heavy atom. The third-order valence-corrected chi connectivity index (χ3v) is 4.88. The molecule has 1 aliphatic heterocycles. The second-order valence-electron chi connectivity index (χ2n) is 6.61. The van der Waals surface area contributed by atoms with Crippen molar-refractivity contribution in [2.75, 3.05) is 0 Å². The third-order valence-electron chi connectivity index (χ3n) is 4.88. The fraction of sp³-hybridized carbons (Fsp3) is 0.750. The Kier molecular flexibility index (Phi) is 5.46. The van der Waals surface area contributed by atoms with Gasteiger partial charge in [-0.25, -0.2) is 14.5 Å². The number of amides is 4. The van der Waals surface area contributed by atoms with E-state index in [1.54, 1.807) is 0 Å². The van der Waals surface area contributed by atoms with Gasteiger partial charge in [-0.2, -0.15) is 0 Å². The summed E-state index contributed by atoms with van der Waals surface area (Å²) in [4.78, 5) is 49.3. The van der Waals surface area contributed by atoms with Crippen LogP contribution in [0.2, 0.25) is 0 Å². The van der Waals surface area contributed by atoms with E-state index < -0.39 is 35.5 Å². The van der Waals surface area contributed by atoms with Crippen molar-refractivity contribution in [3.8, 4) is 0 Å². The molecule has 3 N–H and O–H groups in total. The molecular formula is C16H25N3O5. The van der Waals surface area contributed by atoms with E-state index in [0.29, 0.717) is 25.7 Å². The first-order chi connectivity index (χ1) is 11.3. The fourth-order valence-corrected chi connectivity index (χ4v) is 3.39. The van der Waals surface area contributed by atoms with Crippen LogP contribution in [0, 0.1) is 0 Å². The van der Waals surface area contributed by atoms with E-state index in [2.05, 4.69) is 10.6 Å². The predicted octanol–water partition coefficient (Wildman–Crippen LogP) is 0.999. The molecule has 0 bridgehead atoms. The van der Waals surface area contributed by atoms with Gasteiger partial charge in [0.05, 0.1) is 0 Å². The molecule has 1 aliphatic carbocycles. The zero-order valence-corrected chi connectivity index (χ0v) is 14.1. The summed E-state index contributed by atoms with van der Waals surface area (Å²) in [6.07, 6.45) is 4.67. The lowest BCUT2D eigenvalue weighted by Gasteiger charge is -2.24. The second kappa shape index (κ2) is 7.19. The fourth-order valence-electron chi connectivity index (χ4n) is 3.39. The van der Waals surface area contributed by atoms with Gasteiger partial charge in [0.2, 0.25) is 5.91 Å². The molecular weight excluding hydrogens is 314 g/mol. The van der Waals surface area contributed by atoms with E-state index in [9.17, 15) is 24.3 Å². The molecule has 0 radical (unpaired) electrons. The van der Waals surface area contributed by atoms with Crippen molar-refractivity contribution >= 4 is 23.8 Å². The first kappa shape index (κ1) is 18.2. The van der Waals surface area contributed by atoms with E-state index in [1.807, 2.05) is 6.92 Å². The number of urea groups is 1. The number of hydrogen-bond donors (Lipinski definition) is 3. The maximum Gasteiger partial charge on any atom is 0.326 e. The number of nitrogens with one attached hydrogen (secondary N) is 2. The molecule has 8 heteroatoms. The summed E-state index contributed by atoms with van der Waals surface area (Å²) in [6.45, 7) is 3.37. The highest BCUT2D eigenvalue weighted by atomic mass is 16.4. The van der Waals surface area contributed by atoms with Crippen LogP contribution in [0.4, 0.5) is 4.79 Å². The van der Waals surface area contributed by atoms with Crippen molar-refractivity contribution in [1.82, 2.24) is 15.5 Å². The highest BCUT2D eigenvalue weighted by molar-refractivity contribution is 6.10. The Hall–Kier alpha value is -2.12. The molecule has 1 saturated heterocycles. The molecule has 2 fully saturated rings. The number of hydrogen-bond acceptors (Lipinski definition) is 4. The molecule has 0 aromatic rings. The van der Waals surface area contributed by atoms with Crippen LogP contribution in [0.25, 0.3) is 0 Å². The highest BCUT2D eigenvalue weighted by Crippen LogP contribution is 2.35. The third kappa shape index (κ3) is 3.37. The summed E-state index contributed by atoms with van der Waals surface area (Å²) in [7, 11) is 0. The van der Waals surface area contributed by atoms with Crippen LogP contribution >= 0.6 is 0 Å². The zero-order chi connectivity index (χ0) is 17.9. The molecule has 1 heterocycles. The summed E-state index contributed by atoms with van der Waals surface area (Å²) >= 11 is 0. The van der Waals surface area contributed by atoms with Crippen LogP contribution in [0.1, 0.15) is 58.8 Å². The van der Waals surface area contributed by atoms with Crippen molar-refractivity contribution in [2.45, 2.75) is 76.4 Å². The van der Waals surface area contributed by atoms with Crippen LogP contribution in [-0.4, -0.2) is 51.4 Å². The molecule has 0 aromatic carbocycles. The number of carbonyl (C=O) groups is 4. The molecule has 2 rings (SSSR count). The number of carbonyl (C=O) groups excluding carboxylic acids is 3.